The van der Waals surface area contributed by atoms with Gasteiger partial charge in [-0.25, -0.2) is 0 Å². The predicted octanol–water partition coefficient (Wildman–Crippen LogP) is 6.56. The van der Waals surface area contributed by atoms with Crippen LogP contribution in [0.5, 0.6) is 0 Å². The van der Waals surface area contributed by atoms with Gasteiger partial charge in [0.25, 0.3) is 0 Å². The quantitative estimate of drug-likeness (QED) is 0.485. The standard InChI is InChI=1S/C25H33N/c1-24(2,3)21-13-9-12-19-15-14-18-10-8-11-20(22(18)23(19)21)16-17-26(7)25(4,5)6/h8-15H,16-17H2,1-7H3. The molecule has 0 bridgehead atoms. The van der Waals surface area contributed by atoms with Crippen molar-refractivity contribution >= 4 is 21.5 Å². The number of likely N-dealkylation sites (N-methyl/N-ethyl adjacent to an activating group) is 1. The predicted molar refractivity (Wildman–Crippen MR) is 116 cm³/mol. The number of fused-ring (bicyclic) bond motifs is 3. The Kier molecular flexibility index (Phi) is 4.88. The van der Waals surface area contributed by atoms with E-state index >= 15 is 0 Å². The topological polar surface area (TPSA) is 3.24 Å². The number of hydrogen-bond acceptors (Lipinski definition) is 1. The lowest BCUT2D eigenvalue weighted by molar-refractivity contribution is 0.178. The fraction of sp³-hybridized carbons (Fsp3) is 0.440. The highest BCUT2D eigenvalue weighted by atomic mass is 15.1. The summed E-state index contributed by atoms with van der Waals surface area (Å²) in [6.07, 6.45) is 1.07. The van der Waals surface area contributed by atoms with Crippen LogP contribution in [0.2, 0.25) is 0 Å². The SMILES string of the molecule is CN(CCc1cccc2ccc3cccc(C(C)(C)C)c3c12)C(C)(C)C. The van der Waals surface area contributed by atoms with Gasteiger partial charge in [0.2, 0.25) is 0 Å². The second kappa shape index (κ2) is 6.70. The molecule has 0 amide bonds. The van der Waals surface area contributed by atoms with Crippen LogP contribution < -0.4 is 0 Å². The number of nitrogens with zero attached hydrogens (tertiary/aromatic N) is 1. The van der Waals surface area contributed by atoms with Gasteiger partial charge in [-0.05, 0) is 72.3 Å². The molecule has 0 unspecified atom stereocenters. The molecule has 0 aliphatic rings. The molecule has 0 saturated carbocycles. The van der Waals surface area contributed by atoms with Crippen LogP contribution in [0.25, 0.3) is 21.5 Å². The Labute approximate surface area is 159 Å². The summed E-state index contributed by atoms with van der Waals surface area (Å²) in [7, 11) is 2.23. The Hall–Kier alpha value is -1.86. The van der Waals surface area contributed by atoms with Crippen LogP contribution in [0.3, 0.4) is 0 Å². The molecular weight excluding hydrogens is 314 g/mol. The lowest BCUT2D eigenvalue weighted by atomic mass is 9.81. The maximum atomic E-state index is 2.45. The van der Waals surface area contributed by atoms with Gasteiger partial charge in [-0.2, -0.15) is 0 Å². The van der Waals surface area contributed by atoms with Gasteiger partial charge in [0.1, 0.15) is 0 Å². The molecule has 0 spiro atoms. The van der Waals surface area contributed by atoms with E-state index in [2.05, 4.69) is 102 Å². The molecular formula is C25H33N. The summed E-state index contributed by atoms with van der Waals surface area (Å²) < 4.78 is 0. The molecule has 0 aliphatic carbocycles. The Morgan fingerprint density at radius 1 is 0.731 bits per heavy atom. The third-order valence-electron chi connectivity index (χ3n) is 5.64. The second-order valence-electron chi connectivity index (χ2n) is 9.58. The minimum atomic E-state index is 0.128. The van der Waals surface area contributed by atoms with E-state index < -0.39 is 0 Å². The van der Waals surface area contributed by atoms with Crippen LogP contribution in [0.1, 0.15) is 52.7 Å². The Bertz CT molecular complexity index is 922. The van der Waals surface area contributed by atoms with Gasteiger partial charge in [-0.3, -0.25) is 0 Å². The minimum Gasteiger partial charge on any atom is -0.301 e. The van der Waals surface area contributed by atoms with Crippen molar-refractivity contribution in [1.29, 1.82) is 0 Å². The van der Waals surface area contributed by atoms with Crippen molar-refractivity contribution in [1.82, 2.24) is 4.90 Å². The summed E-state index contributed by atoms with van der Waals surface area (Å²) in [6.45, 7) is 14.9. The molecule has 0 heterocycles. The molecule has 0 radical (unpaired) electrons. The number of rotatable bonds is 3. The third-order valence-corrected chi connectivity index (χ3v) is 5.64. The Balaban J connectivity index is 2.20. The van der Waals surface area contributed by atoms with Gasteiger partial charge >= 0.3 is 0 Å². The molecule has 138 valence electrons. The molecule has 0 aromatic heterocycles. The van der Waals surface area contributed by atoms with Crippen LogP contribution in [-0.4, -0.2) is 24.0 Å². The monoisotopic (exact) mass is 347 g/mol. The first-order valence-electron chi connectivity index (χ1n) is 9.74. The van der Waals surface area contributed by atoms with Gasteiger partial charge in [-0.15, -0.1) is 0 Å². The molecule has 1 heteroatoms. The zero-order valence-electron chi connectivity index (χ0n) is 17.5. The molecule has 26 heavy (non-hydrogen) atoms. The van der Waals surface area contributed by atoms with E-state index in [-0.39, 0.29) is 11.0 Å². The van der Waals surface area contributed by atoms with Crippen molar-refractivity contribution in [3.8, 4) is 0 Å². The first-order chi connectivity index (χ1) is 12.1. The van der Waals surface area contributed by atoms with Gasteiger partial charge < -0.3 is 4.90 Å². The van der Waals surface area contributed by atoms with Crippen LogP contribution in [0.4, 0.5) is 0 Å². The summed E-state index contributed by atoms with van der Waals surface area (Å²) in [5.74, 6) is 0. The molecule has 0 fully saturated rings. The summed E-state index contributed by atoms with van der Waals surface area (Å²) in [5.41, 5.74) is 3.23. The summed E-state index contributed by atoms with van der Waals surface area (Å²) >= 11 is 0. The first kappa shape index (κ1) is 18.9. The van der Waals surface area contributed by atoms with Gasteiger partial charge in [0.15, 0.2) is 0 Å². The van der Waals surface area contributed by atoms with E-state index in [0.717, 1.165) is 13.0 Å². The average Bonchev–Trinajstić information content (AvgIpc) is 2.56. The molecule has 0 N–H and O–H groups in total. The van der Waals surface area contributed by atoms with Crippen molar-refractivity contribution < 1.29 is 0 Å². The maximum Gasteiger partial charge on any atom is 0.0122 e. The highest BCUT2D eigenvalue weighted by Crippen LogP contribution is 2.36. The van der Waals surface area contributed by atoms with Crippen LogP contribution in [0, 0.1) is 0 Å². The third kappa shape index (κ3) is 3.64. The first-order valence-corrected chi connectivity index (χ1v) is 9.74. The number of benzene rings is 3. The van der Waals surface area contributed by atoms with Gasteiger partial charge in [0, 0.05) is 12.1 Å². The van der Waals surface area contributed by atoms with Crippen molar-refractivity contribution in [2.24, 2.45) is 0 Å². The van der Waals surface area contributed by atoms with E-state index in [0.29, 0.717) is 0 Å². The number of hydrogen-bond donors (Lipinski definition) is 0. The minimum absolute atomic E-state index is 0.128. The zero-order chi connectivity index (χ0) is 19.1. The van der Waals surface area contributed by atoms with E-state index in [1.807, 2.05) is 0 Å². The van der Waals surface area contributed by atoms with Crippen LogP contribution >= 0.6 is 0 Å². The second-order valence-corrected chi connectivity index (χ2v) is 9.58. The molecule has 1 nitrogen and oxygen atoms in total. The van der Waals surface area contributed by atoms with E-state index in [1.54, 1.807) is 0 Å². The lowest BCUT2D eigenvalue weighted by Crippen LogP contribution is -2.39. The highest BCUT2D eigenvalue weighted by molar-refractivity contribution is 6.11. The molecule has 0 aliphatic heterocycles. The van der Waals surface area contributed by atoms with E-state index in [1.165, 1.54) is 32.7 Å². The normalized spacial score (nSPS) is 13.1. The fourth-order valence-electron chi connectivity index (χ4n) is 3.69. The molecule has 0 saturated heterocycles. The van der Waals surface area contributed by atoms with Crippen LogP contribution in [0.15, 0.2) is 48.5 Å². The highest BCUT2D eigenvalue weighted by Gasteiger charge is 2.20. The summed E-state index contributed by atoms with van der Waals surface area (Å²) in [6, 6.07) is 18.1. The fourth-order valence-corrected chi connectivity index (χ4v) is 3.69. The van der Waals surface area contributed by atoms with E-state index in [9.17, 15) is 0 Å². The van der Waals surface area contributed by atoms with Crippen molar-refractivity contribution in [2.75, 3.05) is 13.6 Å². The van der Waals surface area contributed by atoms with Crippen LogP contribution in [-0.2, 0) is 11.8 Å². The van der Waals surface area contributed by atoms with E-state index in [4.69, 9.17) is 0 Å². The van der Waals surface area contributed by atoms with Crippen molar-refractivity contribution in [3.63, 3.8) is 0 Å². The summed E-state index contributed by atoms with van der Waals surface area (Å²) in [4.78, 5) is 2.45. The average molecular weight is 348 g/mol. The molecule has 3 rings (SSSR count). The Morgan fingerprint density at radius 2 is 1.31 bits per heavy atom. The Morgan fingerprint density at radius 3 is 1.88 bits per heavy atom. The smallest absolute Gasteiger partial charge is 0.0122 e. The largest absolute Gasteiger partial charge is 0.301 e. The molecule has 3 aromatic carbocycles. The molecule has 3 aromatic rings. The van der Waals surface area contributed by atoms with Crippen molar-refractivity contribution in [3.05, 3.63) is 59.7 Å². The summed E-state index contributed by atoms with van der Waals surface area (Å²) in [5, 5.41) is 5.58. The lowest BCUT2D eigenvalue weighted by Gasteiger charge is -2.32. The maximum absolute atomic E-state index is 2.45. The van der Waals surface area contributed by atoms with Gasteiger partial charge in [0.05, 0.1) is 0 Å². The molecule has 0 atom stereocenters. The van der Waals surface area contributed by atoms with Crippen molar-refractivity contribution in [2.45, 2.75) is 58.9 Å². The van der Waals surface area contributed by atoms with Gasteiger partial charge in [-0.1, -0.05) is 69.3 Å². The zero-order valence-corrected chi connectivity index (χ0v) is 17.5.